The van der Waals surface area contributed by atoms with E-state index in [4.69, 9.17) is 23.2 Å². The SMILES string of the molecule is Clc1ncc2c(n1)CN(c1cccc3cccc(Cl)c13)CC2. The number of rotatable bonds is 1. The molecule has 0 saturated carbocycles. The summed E-state index contributed by atoms with van der Waals surface area (Å²) in [6, 6.07) is 12.3. The largest absolute Gasteiger partial charge is 0.365 e. The van der Waals surface area contributed by atoms with Crippen LogP contribution in [-0.4, -0.2) is 16.5 Å². The molecule has 1 aliphatic rings. The molecule has 0 fully saturated rings. The summed E-state index contributed by atoms with van der Waals surface area (Å²) >= 11 is 12.4. The number of hydrogen-bond acceptors (Lipinski definition) is 3. The lowest BCUT2D eigenvalue weighted by molar-refractivity contribution is 0.706. The Morgan fingerprint density at radius 2 is 1.86 bits per heavy atom. The second kappa shape index (κ2) is 5.41. The normalized spacial score (nSPS) is 14.2. The highest BCUT2D eigenvalue weighted by molar-refractivity contribution is 6.36. The van der Waals surface area contributed by atoms with Crippen LogP contribution in [0.1, 0.15) is 11.3 Å². The van der Waals surface area contributed by atoms with Crippen molar-refractivity contribution in [3.63, 3.8) is 0 Å². The van der Waals surface area contributed by atoms with Gasteiger partial charge in [0.15, 0.2) is 0 Å². The third kappa shape index (κ3) is 2.31. The molecule has 0 spiro atoms. The molecule has 0 atom stereocenters. The van der Waals surface area contributed by atoms with E-state index in [0.717, 1.165) is 46.7 Å². The Morgan fingerprint density at radius 1 is 1.05 bits per heavy atom. The van der Waals surface area contributed by atoms with E-state index in [1.54, 1.807) is 0 Å². The molecule has 0 aliphatic carbocycles. The fourth-order valence-corrected chi connectivity index (χ4v) is 3.45. The van der Waals surface area contributed by atoms with E-state index >= 15 is 0 Å². The van der Waals surface area contributed by atoms with Gasteiger partial charge in [0, 0.05) is 23.8 Å². The van der Waals surface area contributed by atoms with Gasteiger partial charge in [-0.05, 0) is 41.1 Å². The van der Waals surface area contributed by atoms with Crippen molar-refractivity contribution in [3.05, 3.63) is 64.2 Å². The van der Waals surface area contributed by atoms with Crippen molar-refractivity contribution in [2.45, 2.75) is 13.0 Å². The summed E-state index contributed by atoms with van der Waals surface area (Å²) in [6.45, 7) is 1.64. The van der Waals surface area contributed by atoms with Crippen molar-refractivity contribution in [1.29, 1.82) is 0 Å². The van der Waals surface area contributed by atoms with Gasteiger partial charge in [-0.15, -0.1) is 0 Å². The van der Waals surface area contributed by atoms with E-state index in [9.17, 15) is 0 Å². The van der Waals surface area contributed by atoms with E-state index in [2.05, 4.69) is 39.1 Å². The van der Waals surface area contributed by atoms with Crippen LogP contribution in [0.4, 0.5) is 5.69 Å². The first kappa shape index (κ1) is 13.8. The maximum atomic E-state index is 6.43. The Labute approximate surface area is 138 Å². The summed E-state index contributed by atoms with van der Waals surface area (Å²) in [4.78, 5) is 10.7. The molecule has 2 aromatic carbocycles. The molecule has 4 rings (SSSR count). The lowest BCUT2D eigenvalue weighted by atomic mass is 10.0. The number of benzene rings is 2. The molecular formula is C17H13Cl2N3. The molecule has 22 heavy (non-hydrogen) atoms. The summed E-state index contributed by atoms with van der Waals surface area (Å²) in [5.74, 6) is 0. The Kier molecular flexibility index (Phi) is 3.40. The summed E-state index contributed by atoms with van der Waals surface area (Å²) < 4.78 is 0. The Bertz CT molecular complexity index is 858. The van der Waals surface area contributed by atoms with E-state index in [-0.39, 0.29) is 0 Å². The van der Waals surface area contributed by atoms with E-state index < -0.39 is 0 Å². The van der Waals surface area contributed by atoms with Gasteiger partial charge >= 0.3 is 0 Å². The number of hydrogen-bond donors (Lipinski definition) is 0. The number of fused-ring (bicyclic) bond motifs is 2. The predicted molar refractivity (Wildman–Crippen MR) is 90.8 cm³/mol. The minimum atomic E-state index is 0.302. The minimum absolute atomic E-state index is 0.302. The summed E-state index contributed by atoms with van der Waals surface area (Å²) in [6.07, 6.45) is 2.74. The zero-order chi connectivity index (χ0) is 15.1. The standard InChI is InChI=1S/C17H13Cl2N3/c18-13-5-1-3-11-4-2-6-15(16(11)13)22-8-7-12-9-20-17(19)21-14(12)10-22/h1-6,9H,7-8,10H2. The van der Waals surface area contributed by atoms with Crippen LogP contribution in [0.5, 0.6) is 0 Å². The molecule has 0 unspecified atom stereocenters. The van der Waals surface area contributed by atoms with Crippen LogP contribution in [0.25, 0.3) is 10.8 Å². The molecule has 0 radical (unpaired) electrons. The fraction of sp³-hybridized carbons (Fsp3) is 0.176. The van der Waals surface area contributed by atoms with Crippen LogP contribution in [-0.2, 0) is 13.0 Å². The molecule has 2 heterocycles. The molecule has 3 aromatic rings. The van der Waals surface area contributed by atoms with Gasteiger partial charge in [0.1, 0.15) is 0 Å². The van der Waals surface area contributed by atoms with Crippen molar-refractivity contribution in [1.82, 2.24) is 9.97 Å². The molecule has 0 bridgehead atoms. The second-order valence-corrected chi connectivity index (χ2v) is 6.14. The van der Waals surface area contributed by atoms with E-state index in [1.165, 1.54) is 5.56 Å². The van der Waals surface area contributed by atoms with Gasteiger partial charge in [0.05, 0.1) is 17.3 Å². The highest BCUT2D eigenvalue weighted by Gasteiger charge is 2.20. The highest BCUT2D eigenvalue weighted by Crippen LogP contribution is 2.34. The summed E-state index contributed by atoms with van der Waals surface area (Å²) in [5, 5.41) is 3.32. The summed E-state index contributed by atoms with van der Waals surface area (Å²) in [5.41, 5.74) is 3.31. The van der Waals surface area contributed by atoms with E-state index in [1.807, 2.05) is 18.3 Å². The molecule has 110 valence electrons. The molecule has 1 aliphatic heterocycles. The average molecular weight is 330 g/mol. The topological polar surface area (TPSA) is 29.0 Å². The Hall–Kier alpha value is -1.84. The number of anilines is 1. The molecule has 0 saturated heterocycles. The molecule has 1 aromatic heterocycles. The third-order valence-electron chi connectivity index (χ3n) is 4.09. The molecular weight excluding hydrogens is 317 g/mol. The van der Waals surface area contributed by atoms with Crippen LogP contribution < -0.4 is 4.90 Å². The van der Waals surface area contributed by atoms with Crippen molar-refractivity contribution in [2.24, 2.45) is 0 Å². The Balaban J connectivity index is 1.81. The fourth-order valence-electron chi connectivity index (χ4n) is 3.02. The van der Waals surface area contributed by atoms with Crippen LogP contribution in [0.3, 0.4) is 0 Å². The van der Waals surface area contributed by atoms with Crippen molar-refractivity contribution in [2.75, 3.05) is 11.4 Å². The van der Waals surface area contributed by atoms with Crippen molar-refractivity contribution < 1.29 is 0 Å². The first-order valence-electron chi connectivity index (χ1n) is 7.15. The lowest BCUT2D eigenvalue weighted by Crippen LogP contribution is -2.31. The maximum Gasteiger partial charge on any atom is 0.222 e. The summed E-state index contributed by atoms with van der Waals surface area (Å²) in [7, 11) is 0. The van der Waals surface area contributed by atoms with E-state index in [0.29, 0.717) is 5.28 Å². The molecule has 3 nitrogen and oxygen atoms in total. The number of aromatic nitrogens is 2. The molecule has 0 amide bonds. The van der Waals surface area contributed by atoms with Gasteiger partial charge in [0.2, 0.25) is 5.28 Å². The van der Waals surface area contributed by atoms with Gasteiger partial charge < -0.3 is 4.90 Å². The average Bonchev–Trinajstić information content (AvgIpc) is 2.54. The van der Waals surface area contributed by atoms with Crippen LogP contribution >= 0.6 is 23.2 Å². The maximum absolute atomic E-state index is 6.43. The number of nitrogens with zero attached hydrogens (tertiary/aromatic N) is 3. The van der Waals surface area contributed by atoms with Gasteiger partial charge in [0.25, 0.3) is 0 Å². The monoisotopic (exact) mass is 329 g/mol. The zero-order valence-corrected chi connectivity index (χ0v) is 13.3. The third-order valence-corrected chi connectivity index (χ3v) is 4.59. The Morgan fingerprint density at radius 3 is 2.73 bits per heavy atom. The van der Waals surface area contributed by atoms with Crippen LogP contribution in [0, 0.1) is 0 Å². The van der Waals surface area contributed by atoms with Gasteiger partial charge in [-0.2, -0.15) is 0 Å². The quantitative estimate of drug-likeness (QED) is 0.615. The zero-order valence-electron chi connectivity index (χ0n) is 11.8. The molecule has 0 N–H and O–H groups in total. The predicted octanol–water partition coefficient (Wildman–Crippen LogP) is 4.50. The lowest BCUT2D eigenvalue weighted by Gasteiger charge is -2.31. The van der Waals surface area contributed by atoms with Gasteiger partial charge in [-0.25, -0.2) is 9.97 Å². The van der Waals surface area contributed by atoms with Crippen LogP contribution in [0.15, 0.2) is 42.6 Å². The smallest absolute Gasteiger partial charge is 0.222 e. The molecule has 5 heteroatoms. The first-order chi connectivity index (χ1) is 10.7. The highest BCUT2D eigenvalue weighted by atomic mass is 35.5. The van der Waals surface area contributed by atoms with Crippen molar-refractivity contribution >= 4 is 39.7 Å². The van der Waals surface area contributed by atoms with Gasteiger partial charge in [-0.3, -0.25) is 0 Å². The second-order valence-electron chi connectivity index (χ2n) is 5.40. The first-order valence-corrected chi connectivity index (χ1v) is 7.90. The number of halogens is 2. The van der Waals surface area contributed by atoms with Gasteiger partial charge in [-0.1, -0.05) is 35.9 Å². The minimum Gasteiger partial charge on any atom is -0.365 e. The van der Waals surface area contributed by atoms with Crippen LogP contribution in [0.2, 0.25) is 10.3 Å². The van der Waals surface area contributed by atoms with Crippen molar-refractivity contribution in [3.8, 4) is 0 Å².